The zero-order valence-electron chi connectivity index (χ0n) is 14.9. The van der Waals surface area contributed by atoms with E-state index in [1.165, 1.54) is 7.11 Å². The van der Waals surface area contributed by atoms with Crippen LogP contribution in [0.2, 0.25) is 18.1 Å². The smallest absolute Gasteiger partial charge is 0.308 e. The van der Waals surface area contributed by atoms with Crippen LogP contribution in [0.15, 0.2) is 0 Å². The number of carbonyl (C=O) groups excluding carboxylic acids is 1. The Morgan fingerprint density at radius 2 is 1.82 bits per heavy atom. The second-order valence-corrected chi connectivity index (χ2v) is 10.9. The van der Waals surface area contributed by atoms with Gasteiger partial charge < -0.3 is 18.6 Å². The van der Waals surface area contributed by atoms with Crippen molar-refractivity contribution < 1.29 is 23.4 Å². The van der Waals surface area contributed by atoms with Crippen molar-refractivity contribution in [2.24, 2.45) is 5.92 Å². The summed E-state index contributed by atoms with van der Waals surface area (Å²) >= 11 is 0. The largest absolute Gasteiger partial charge is 0.469 e. The molecule has 1 aliphatic heterocycles. The van der Waals surface area contributed by atoms with E-state index in [9.17, 15) is 4.79 Å². The first-order valence-corrected chi connectivity index (χ1v) is 10.9. The van der Waals surface area contributed by atoms with Crippen molar-refractivity contribution in [2.75, 3.05) is 14.2 Å². The average Bonchev–Trinajstić information content (AvgIpc) is 2.93. The third kappa shape index (κ3) is 4.78. The minimum absolute atomic E-state index is 0.0172. The molecule has 1 rings (SSSR count). The molecule has 1 heterocycles. The van der Waals surface area contributed by atoms with Crippen molar-refractivity contribution >= 4 is 14.3 Å². The van der Waals surface area contributed by atoms with Crippen LogP contribution in [-0.2, 0) is 23.4 Å². The third-order valence-corrected chi connectivity index (χ3v) is 9.62. The maximum absolute atomic E-state index is 11.7. The molecule has 0 aliphatic carbocycles. The van der Waals surface area contributed by atoms with Gasteiger partial charge in [-0.2, -0.15) is 0 Å². The first-order valence-electron chi connectivity index (χ1n) is 8.39. The Morgan fingerprint density at radius 1 is 1.23 bits per heavy atom. The molecule has 0 aromatic rings. The molecule has 0 saturated carbocycles. The van der Waals surface area contributed by atoms with E-state index in [1.807, 2.05) is 6.92 Å². The summed E-state index contributed by atoms with van der Waals surface area (Å²) in [4.78, 5) is 11.7. The predicted molar refractivity (Wildman–Crippen MR) is 88.2 cm³/mol. The van der Waals surface area contributed by atoms with Gasteiger partial charge in [0.05, 0.1) is 25.2 Å². The number of rotatable bonds is 9. The molecule has 1 aliphatic rings. The summed E-state index contributed by atoms with van der Waals surface area (Å²) in [7, 11) is 1.37. The molecule has 6 heteroatoms. The molecular formula is C16H32O5Si. The quantitative estimate of drug-likeness (QED) is 0.479. The standard InChI is InChI=1S/C16H32O5Si/c1-7-22(8-2,9-3)21-14-11-15(18-5)20-13(14)10-12(4)16(17)19-6/h12-15H,7-11H2,1-6H3/t12-,13-,14-,15+/m0/s1. The normalized spacial score (nSPS) is 26.9. The van der Waals surface area contributed by atoms with Crippen molar-refractivity contribution in [3.05, 3.63) is 0 Å². The molecule has 0 spiro atoms. The van der Waals surface area contributed by atoms with Crippen LogP contribution in [0.1, 0.15) is 40.5 Å². The first-order chi connectivity index (χ1) is 10.4. The van der Waals surface area contributed by atoms with E-state index >= 15 is 0 Å². The molecular weight excluding hydrogens is 300 g/mol. The van der Waals surface area contributed by atoms with Crippen LogP contribution in [0.5, 0.6) is 0 Å². The van der Waals surface area contributed by atoms with Crippen molar-refractivity contribution in [3.8, 4) is 0 Å². The highest BCUT2D eigenvalue weighted by Gasteiger charge is 2.42. The summed E-state index contributed by atoms with van der Waals surface area (Å²) in [6.07, 6.45) is 1.03. The van der Waals surface area contributed by atoms with Gasteiger partial charge in [0, 0.05) is 13.5 Å². The second kappa shape index (κ2) is 9.01. The predicted octanol–water partition coefficient (Wildman–Crippen LogP) is 3.34. The summed E-state index contributed by atoms with van der Waals surface area (Å²) in [5.41, 5.74) is 0. The van der Waals surface area contributed by atoms with Gasteiger partial charge in [-0.05, 0) is 24.6 Å². The molecule has 1 saturated heterocycles. The van der Waals surface area contributed by atoms with E-state index in [0.29, 0.717) is 6.42 Å². The Morgan fingerprint density at radius 3 is 2.27 bits per heavy atom. The van der Waals surface area contributed by atoms with E-state index in [2.05, 4.69) is 20.8 Å². The van der Waals surface area contributed by atoms with Gasteiger partial charge in [-0.25, -0.2) is 0 Å². The zero-order chi connectivity index (χ0) is 16.8. The fraction of sp³-hybridized carbons (Fsp3) is 0.938. The van der Waals surface area contributed by atoms with Gasteiger partial charge in [0.15, 0.2) is 14.6 Å². The second-order valence-electron chi connectivity index (χ2n) is 6.14. The van der Waals surface area contributed by atoms with Crippen LogP contribution < -0.4 is 0 Å². The molecule has 0 N–H and O–H groups in total. The average molecular weight is 333 g/mol. The molecule has 130 valence electrons. The van der Waals surface area contributed by atoms with Crippen LogP contribution >= 0.6 is 0 Å². The molecule has 4 atom stereocenters. The van der Waals surface area contributed by atoms with Gasteiger partial charge in [-0.3, -0.25) is 4.79 Å². The number of esters is 1. The lowest BCUT2D eigenvalue weighted by molar-refractivity contribution is -0.149. The summed E-state index contributed by atoms with van der Waals surface area (Å²) in [6, 6.07) is 3.31. The summed E-state index contributed by atoms with van der Waals surface area (Å²) in [5.74, 6) is -0.397. The Balaban J connectivity index is 2.78. The third-order valence-electron chi connectivity index (χ3n) is 4.95. The Kier molecular flexibility index (Phi) is 8.03. The van der Waals surface area contributed by atoms with E-state index in [-0.39, 0.29) is 30.4 Å². The molecule has 0 radical (unpaired) electrons. The highest BCUT2D eigenvalue weighted by molar-refractivity contribution is 6.73. The van der Waals surface area contributed by atoms with Gasteiger partial charge in [0.25, 0.3) is 0 Å². The highest BCUT2D eigenvalue weighted by Crippen LogP contribution is 2.33. The lowest BCUT2D eigenvalue weighted by atomic mass is 10.0. The van der Waals surface area contributed by atoms with Gasteiger partial charge in [-0.15, -0.1) is 0 Å². The highest BCUT2D eigenvalue weighted by atomic mass is 28.4. The van der Waals surface area contributed by atoms with Gasteiger partial charge in [-0.1, -0.05) is 27.7 Å². The monoisotopic (exact) mass is 332 g/mol. The fourth-order valence-corrected chi connectivity index (χ4v) is 6.02. The molecule has 5 nitrogen and oxygen atoms in total. The van der Waals surface area contributed by atoms with E-state index in [1.54, 1.807) is 7.11 Å². The lowest BCUT2D eigenvalue weighted by Crippen LogP contribution is -2.43. The molecule has 0 aromatic heterocycles. The van der Waals surface area contributed by atoms with Gasteiger partial charge in [0.2, 0.25) is 0 Å². The number of carbonyl (C=O) groups is 1. The fourth-order valence-electron chi connectivity index (χ4n) is 3.13. The maximum atomic E-state index is 11.7. The van der Waals surface area contributed by atoms with Gasteiger partial charge in [0.1, 0.15) is 0 Å². The van der Waals surface area contributed by atoms with E-state index < -0.39 is 8.32 Å². The van der Waals surface area contributed by atoms with E-state index in [0.717, 1.165) is 24.6 Å². The topological polar surface area (TPSA) is 54.0 Å². The summed E-state index contributed by atoms with van der Waals surface area (Å²) in [5, 5.41) is 0. The first kappa shape index (κ1) is 19.6. The maximum Gasteiger partial charge on any atom is 0.308 e. The molecule has 1 fully saturated rings. The number of methoxy groups -OCH3 is 2. The molecule has 0 bridgehead atoms. The van der Waals surface area contributed by atoms with Crippen LogP contribution in [0, 0.1) is 5.92 Å². The van der Waals surface area contributed by atoms with Crippen molar-refractivity contribution in [1.29, 1.82) is 0 Å². The van der Waals surface area contributed by atoms with Crippen molar-refractivity contribution in [2.45, 2.75) is 77.2 Å². The van der Waals surface area contributed by atoms with E-state index in [4.69, 9.17) is 18.6 Å². The zero-order valence-corrected chi connectivity index (χ0v) is 15.9. The lowest BCUT2D eigenvalue weighted by Gasteiger charge is -2.33. The van der Waals surface area contributed by atoms with Crippen LogP contribution in [0.25, 0.3) is 0 Å². The minimum atomic E-state index is -1.70. The molecule has 22 heavy (non-hydrogen) atoms. The van der Waals surface area contributed by atoms with Crippen molar-refractivity contribution in [1.82, 2.24) is 0 Å². The van der Waals surface area contributed by atoms with Crippen LogP contribution in [0.3, 0.4) is 0 Å². The van der Waals surface area contributed by atoms with Crippen LogP contribution in [0.4, 0.5) is 0 Å². The molecule has 0 unspecified atom stereocenters. The Bertz CT molecular complexity index is 337. The number of ether oxygens (including phenoxy) is 3. The minimum Gasteiger partial charge on any atom is -0.469 e. The van der Waals surface area contributed by atoms with Gasteiger partial charge >= 0.3 is 5.97 Å². The number of hydrogen-bond acceptors (Lipinski definition) is 5. The molecule has 0 amide bonds. The Hall–Kier alpha value is -0.433. The van der Waals surface area contributed by atoms with Crippen LogP contribution in [-0.4, -0.2) is 47.0 Å². The Labute approximate surface area is 135 Å². The number of hydrogen-bond donors (Lipinski definition) is 0. The summed E-state index contributed by atoms with van der Waals surface area (Å²) < 4.78 is 22.7. The van der Waals surface area contributed by atoms with Crippen molar-refractivity contribution in [3.63, 3.8) is 0 Å². The SMILES string of the molecule is CC[Si](CC)(CC)O[C@H]1C[C@H](OC)O[C@H]1C[C@H](C)C(=O)OC. The summed E-state index contributed by atoms with van der Waals surface area (Å²) in [6.45, 7) is 8.52. The molecule has 0 aromatic carbocycles.